The molecule has 0 saturated heterocycles. The molecule has 1 atom stereocenters. The molecule has 1 aromatic heterocycles. The number of carboxylic acids is 1. The Kier molecular flexibility index (Phi) is 5.93. The van der Waals surface area contributed by atoms with Crippen LogP contribution in [0.1, 0.15) is 26.2 Å². The number of hydrogen-bond donors (Lipinski definition) is 2. The number of fused-ring (bicyclic) bond motifs is 3. The van der Waals surface area contributed by atoms with E-state index in [2.05, 4.69) is 5.32 Å². The molecule has 0 aliphatic rings. The molecule has 2 N–H and O–H groups in total. The molecule has 0 bridgehead atoms. The van der Waals surface area contributed by atoms with E-state index in [1.165, 1.54) is 0 Å². The van der Waals surface area contributed by atoms with Crippen molar-refractivity contribution in [1.29, 1.82) is 0 Å². The molecule has 1 unspecified atom stereocenters. The third-order valence-corrected chi connectivity index (χ3v) is 4.44. The van der Waals surface area contributed by atoms with Crippen molar-refractivity contribution in [3.05, 3.63) is 52.9 Å². The third-order valence-electron chi connectivity index (χ3n) is 4.44. The van der Waals surface area contributed by atoms with Crippen LogP contribution in [0.5, 0.6) is 5.75 Å². The quantitative estimate of drug-likeness (QED) is 0.457. The molecule has 146 valence electrons. The zero-order valence-electron chi connectivity index (χ0n) is 15.4. The Hall–Kier alpha value is -3.35. The van der Waals surface area contributed by atoms with Crippen LogP contribution in [0.4, 0.5) is 0 Å². The highest BCUT2D eigenvalue weighted by Gasteiger charge is 2.19. The second-order valence-electron chi connectivity index (χ2n) is 6.48. The molecule has 0 aliphatic carbocycles. The van der Waals surface area contributed by atoms with E-state index in [0.29, 0.717) is 29.6 Å². The normalized spacial score (nSPS) is 12.0. The number of ether oxygens (including phenoxy) is 1. The topological polar surface area (TPSA) is 106 Å². The van der Waals surface area contributed by atoms with Crippen LogP contribution in [0.2, 0.25) is 0 Å². The van der Waals surface area contributed by atoms with Gasteiger partial charge in [0.1, 0.15) is 17.4 Å². The van der Waals surface area contributed by atoms with E-state index < -0.39 is 23.5 Å². The number of hydrogen-bond acceptors (Lipinski definition) is 5. The first-order valence-electron chi connectivity index (χ1n) is 9.10. The lowest BCUT2D eigenvalue weighted by molar-refractivity contribution is -0.142. The largest absolute Gasteiger partial charge is 0.484 e. The van der Waals surface area contributed by atoms with Crippen molar-refractivity contribution in [2.24, 2.45) is 0 Å². The van der Waals surface area contributed by atoms with Gasteiger partial charge in [-0.3, -0.25) is 4.79 Å². The lowest BCUT2D eigenvalue weighted by Gasteiger charge is -2.14. The number of carbonyl (C=O) groups is 2. The van der Waals surface area contributed by atoms with Crippen LogP contribution in [0.3, 0.4) is 0 Å². The van der Waals surface area contributed by atoms with Gasteiger partial charge >= 0.3 is 11.6 Å². The molecular formula is C21H21NO6. The Morgan fingerprint density at radius 2 is 1.89 bits per heavy atom. The first-order chi connectivity index (χ1) is 13.5. The Morgan fingerprint density at radius 3 is 2.61 bits per heavy atom. The van der Waals surface area contributed by atoms with Crippen molar-refractivity contribution in [2.75, 3.05) is 6.61 Å². The van der Waals surface area contributed by atoms with Crippen LogP contribution in [0.25, 0.3) is 21.7 Å². The summed E-state index contributed by atoms with van der Waals surface area (Å²) in [6, 6.07) is 11.2. The van der Waals surface area contributed by atoms with Gasteiger partial charge in [-0.2, -0.15) is 0 Å². The fourth-order valence-corrected chi connectivity index (χ4v) is 3.00. The molecule has 1 heterocycles. The molecule has 3 rings (SSSR count). The number of aliphatic carboxylic acids is 1. The Labute approximate surface area is 160 Å². The smallest absolute Gasteiger partial charge is 0.344 e. The van der Waals surface area contributed by atoms with Gasteiger partial charge in [0.15, 0.2) is 6.61 Å². The number of unbranched alkanes of at least 4 members (excludes halogenated alkanes) is 1. The summed E-state index contributed by atoms with van der Waals surface area (Å²) >= 11 is 0. The summed E-state index contributed by atoms with van der Waals surface area (Å²) in [7, 11) is 0. The van der Waals surface area contributed by atoms with Crippen molar-refractivity contribution in [1.82, 2.24) is 5.32 Å². The van der Waals surface area contributed by atoms with Gasteiger partial charge in [0.05, 0.1) is 5.39 Å². The first-order valence-corrected chi connectivity index (χ1v) is 9.10. The van der Waals surface area contributed by atoms with Crippen LogP contribution in [-0.2, 0) is 9.59 Å². The van der Waals surface area contributed by atoms with Crippen LogP contribution < -0.4 is 15.7 Å². The molecule has 1 amide bonds. The predicted molar refractivity (Wildman–Crippen MR) is 105 cm³/mol. The summed E-state index contributed by atoms with van der Waals surface area (Å²) < 4.78 is 10.8. The number of nitrogens with one attached hydrogen (secondary N) is 1. The van der Waals surface area contributed by atoms with E-state index >= 15 is 0 Å². The summed E-state index contributed by atoms with van der Waals surface area (Å²) in [5.41, 5.74) is -0.0915. The van der Waals surface area contributed by atoms with E-state index in [4.69, 9.17) is 14.3 Å². The molecule has 28 heavy (non-hydrogen) atoms. The molecular weight excluding hydrogens is 362 g/mol. The fraction of sp³-hybridized carbons (Fsp3) is 0.286. The Balaban J connectivity index is 1.72. The number of carboxylic acid groups (broad SMARTS) is 1. The van der Waals surface area contributed by atoms with Crippen molar-refractivity contribution in [2.45, 2.75) is 32.2 Å². The second kappa shape index (κ2) is 8.56. The SMILES string of the molecule is CCCCC(NC(=O)COc1ccc2c(c1)oc(=O)c1ccccc12)C(=O)O. The standard InChI is InChI=1S/C21H21NO6/c1-2-3-8-17(20(24)25)22-19(23)12-27-13-9-10-15-14-6-4-5-7-16(14)21(26)28-18(15)11-13/h4-7,9-11,17H,2-3,8,12H2,1H3,(H,22,23)(H,24,25). The fourth-order valence-electron chi connectivity index (χ4n) is 3.00. The molecule has 3 aromatic rings. The van der Waals surface area contributed by atoms with Gasteiger partial charge in [0, 0.05) is 11.5 Å². The molecule has 2 aromatic carbocycles. The molecule has 0 spiro atoms. The van der Waals surface area contributed by atoms with Gasteiger partial charge in [-0.1, -0.05) is 38.0 Å². The zero-order chi connectivity index (χ0) is 20.1. The average Bonchev–Trinajstić information content (AvgIpc) is 2.69. The Morgan fingerprint density at radius 1 is 1.14 bits per heavy atom. The number of amides is 1. The van der Waals surface area contributed by atoms with Crippen molar-refractivity contribution in [3.63, 3.8) is 0 Å². The minimum atomic E-state index is -1.07. The van der Waals surface area contributed by atoms with E-state index in [1.54, 1.807) is 30.3 Å². The van der Waals surface area contributed by atoms with Gasteiger partial charge in [-0.25, -0.2) is 9.59 Å². The minimum Gasteiger partial charge on any atom is -0.484 e. The number of carbonyl (C=O) groups excluding carboxylic acids is 1. The van der Waals surface area contributed by atoms with Crippen LogP contribution in [0, 0.1) is 0 Å². The van der Waals surface area contributed by atoms with Crippen molar-refractivity contribution < 1.29 is 23.8 Å². The summed E-state index contributed by atoms with van der Waals surface area (Å²) in [5, 5.41) is 13.7. The maximum Gasteiger partial charge on any atom is 0.344 e. The minimum absolute atomic E-state index is 0.334. The monoisotopic (exact) mass is 383 g/mol. The maximum absolute atomic E-state index is 12.1. The molecule has 7 heteroatoms. The number of rotatable bonds is 8. The van der Waals surface area contributed by atoms with Gasteiger partial charge in [-0.15, -0.1) is 0 Å². The third kappa shape index (κ3) is 4.31. The van der Waals surface area contributed by atoms with Crippen LogP contribution >= 0.6 is 0 Å². The van der Waals surface area contributed by atoms with E-state index in [1.807, 2.05) is 19.1 Å². The maximum atomic E-state index is 12.1. The molecule has 0 saturated carbocycles. The highest BCUT2D eigenvalue weighted by atomic mass is 16.5. The summed E-state index contributed by atoms with van der Waals surface area (Å²) in [6.07, 6.45) is 1.91. The van der Waals surface area contributed by atoms with Gasteiger partial charge in [0.2, 0.25) is 0 Å². The second-order valence-corrected chi connectivity index (χ2v) is 6.48. The van der Waals surface area contributed by atoms with Gasteiger partial charge in [-0.05, 0) is 30.0 Å². The van der Waals surface area contributed by atoms with Crippen molar-refractivity contribution >= 4 is 33.6 Å². The van der Waals surface area contributed by atoms with Gasteiger partial charge in [0.25, 0.3) is 5.91 Å². The molecule has 7 nitrogen and oxygen atoms in total. The highest BCUT2D eigenvalue weighted by Crippen LogP contribution is 2.26. The van der Waals surface area contributed by atoms with Crippen molar-refractivity contribution in [3.8, 4) is 5.75 Å². The Bertz CT molecular complexity index is 1070. The lowest BCUT2D eigenvalue weighted by Crippen LogP contribution is -2.42. The molecule has 0 aliphatic heterocycles. The van der Waals surface area contributed by atoms with E-state index in [-0.39, 0.29) is 6.61 Å². The summed E-state index contributed by atoms with van der Waals surface area (Å²) in [5.74, 6) is -1.24. The van der Waals surface area contributed by atoms with E-state index in [0.717, 1.165) is 17.2 Å². The zero-order valence-corrected chi connectivity index (χ0v) is 15.4. The number of benzene rings is 2. The average molecular weight is 383 g/mol. The summed E-state index contributed by atoms with van der Waals surface area (Å²) in [6.45, 7) is 1.62. The highest BCUT2D eigenvalue weighted by molar-refractivity contribution is 6.04. The van der Waals surface area contributed by atoms with Crippen LogP contribution in [-0.4, -0.2) is 29.6 Å². The molecule has 0 fully saturated rings. The predicted octanol–water partition coefficient (Wildman–Crippen LogP) is 3.08. The lowest BCUT2D eigenvalue weighted by atomic mass is 10.1. The van der Waals surface area contributed by atoms with Crippen LogP contribution in [0.15, 0.2) is 51.7 Å². The summed E-state index contributed by atoms with van der Waals surface area (Å²) in [4.78, 5) is 35.3. The molecule has 0 radical (unpaired) electrons. The first kappa shape index (κ1) is 19.4. The van der Waals surface area contributed by atoms with Gasteiger partial charge < -0.3 is 19.6 Å². The van der Waals surface area contributed by atoms with E-state index in [9.17, 15) is 14.4 Å².